The van der Waals surface area contributed by atoms with Gasteiger partial charge in [-0.05, 0) is 57.7 Å². The van der Waals surface area contributed by atoms with E-state index in [1.54, 1.807) is 0 Å². The summed E-state index contributed by atoms with van der Waals surface area (Å²) in [6, 6.07) is 3.92. The van der Waals surface area contributed by atoms with Crippen molar-refractivity contribution in [3.63, 3.8) is 0 Å². The number of nitrogens with zero attached hydrogens (tertiary/aromatic N) is 1. The first-order valence-electron chi connectivity index (χ1n) is 8.65. The third-order valence-corrected chi connectivity index (χ3v) is 7.09. The first-order chi connectivity index (χ1) is 11.0. The first-order valence-corrected chi connectivity index (χ1v) is 9.85. The van der Waals surface area contributed by atoms with Crippen LogP contribution in [0.5, 0.6) is 0 Å². The predicted octanol–water partition coefficient (Wildman–Crippen LogP) is 4.49. The third-order valence-electron chi connectivity index (χ3n) is 5.62. The van der Waals surface area contributed by atoms with Gasteiger partial charge >= 0.3 is 5.97 Å². The van der Waals surface area contributed by atoms with E-state index in [0.29, 0.717) is 5.92 Å². The molecule has 0 N–H and O–H groups in total. The Balaban J connectivity index is 1.78. The van der Waals surface area contributed by atoms with Gasteiger partial charge in [0.25, 0.3) is 0 Å². The van der Waals surface area contributed by atoms with Gasteiger partial charge in [0.2, 0.25) is 0 Å². The van der Waals surface area contributed by atoms with Gasteiger partial charge < -0.3 is 9.64 Å². The zero-order valence-electron chi connectivity index (χ0n) is 14.0. The monoisotopic (exact) mass is 355 g/mol. The summed E-state index contributed by atoms with van der Waals surface area (Å²) in [4.78, 5) is 16.5. The Labute approximate surface area is 148 Å². The van der Waals surface area contributed by atoms with E-state index >= 15 is 0 Å². The van der Waals surface area contributed by atoms with Crippen LogP contribution in [0.3, 0.4) is 0 Å². The summed E-state index contributed by atoms with van der Waals surface area (Å²) in [5, 5.41) is 0. The maximum atomic E-state index is 13.1. The second-order valence-corrected chi connectivity index (χ2v) is 8.91. The van der Waals surface area contributed by atoms with Crippen molar-refractivity contribution in [1.29, 1.82) is 0 Å². The van der Waals surface area contributed by atoms with Crippen molar-refractivity contribution in [3.05, 3.63) is 21.3 Å². The van der Waals surface area contributed by atoms with E-state index in [2.05, 4.69) is 18.9 Å². The highest BCUT2D eigenvalue weighted by molar-refractivity contribution is 7.16. The van der Waals surface area contributed by atoms with Gasteiger partial charge in [0, 0.05) is 18.0 Å². The lowest BCUT2D eigenvalue weighted by molar-refractivity contribution is -0.160. The zero-order valence-corrected chi connectivity index (χ0v) is 15.6. The van der Waals surface area contributed by atoms with Crippen LogP contribution in [0.25, 0.3) is 0 Å². The molecule has 1 unspecified atom stereocenters. The molecule has 1 aliphatic heterocycles. The Bertz CT molecular complexity index is 547. The molecule has 0 amide bonds. The smallest absolute Gasteiger partial charge is 0.317 e. The zero-order chi connectivity index (χ0) is 16.4. The molecule has 1 aromatic heterocycles. The lowest BCUT2D eigenvalue weighted by Gasteiger charge is -2.36. The number of esters is 1. The van der Waals surface area contributed by atoms with E-state index in [1.807, 2.05) is 12.1 Å². The standard InChI is InChI=1S/C18H26ClNO2S/c1-18(13-5-3-4-6-13,15-7-8-16(19)23-15)17(21)22-14-9-11-20(2)12-10-14/h7-8,13-14H,3-6,9-12H2,1-2H3. The van der Waals surface area contributed by atoms with Gasteiger partial charge in [0.1, 0.15) is 11.5 Å². The Morgan fingerprint density at radius 1 is 1.26 bits per heavy atom. The van der Waals surface area contributed by atoms with Gasteiger partial charge in [-0.15, -0.1) is 11.3 Å². The molecule has 0 bridgehead atoms. The number of halogens is 1. The number of likely N-dealkylation sites (tertiary alicyclic amines) is 1. The second-order valence-electron chi connectivity index (χ2n) is 7.20. The number of hydrogen-bond donors (Lipinski definition) is 0. The molecule has 128 valence electrons. The molecule has 5 heteroatoms. The lowest BCUT2D eigenvalue weighted by atomic mass is 9.74. The molecule has 0 spiro atoms. The van der Waals surface area contributed by atoms with Crippen LogP contribution in [-0.2, 0) is 14.9 Å². The molecule has 1 aliphatic carbocycles. The van der Waals surface area contributed by atoms with Crippen molar-refractivity contribution in [2.45, 2.75) is 57.0 Å². The maximum Gasteiger partial charge on any atom is 0.317 e. The van der Waals surface area contributed by atoms with Crippen molar-refractivity contribution in [1.82, 2.24) is 4.90 Å². The molecule has 0 radical (unpaired) electrons. The van der Waals surface area contributed by atoms with Crippen molar-refractivity contribution in [3.8, 4) is 0 Å². The minimum atomic E-state index is -0.544. The van der Waals surface area contributed by atoms with Gasteiger partial charge in [-0.3, -0.25) is 4.79 Å². The SMILES string of the molecule is CN1CCC(OC(=O)C(C)(c2ccc(Cl)s2)C2CCCC2)CC1. The average molecular weight is 356 g/mol. The largest absolute Gasteiger partial charge is 0.462 e. The highest BCUT2D eigenvalue weighted by Gasteiger charge is 2.47. The van der Waals surface area contributed by atoms with Gasteiger partial charge in [0.05, 0.1) is 4.34 Å². The first kappa shape index (κ1) is 17.2. The summed E-state index contributed by atoms with van der Waals surface area (Å²) in [5.41, 5.74) is -0.544. The van der Waals surface area contributed by atoms with E-state index in [1.165, 1.54) is 24.2 Å². The Morgan fingerprint density at radius 3 is 2.48 bits per heavy atom. The Morgan fingerprint density at radius 2 is 1.91 bits per heavy atom. The quantitative estimate of drug-likeness (QED) is 0.745. The van der Waals surface area contributed by atoms with E-state index < -0.39 is 5.41 Å². The molecule has 0 aromatic carbocycles. The summed E-state index contributed by atoms with van der Waals surface area (Å²) in [6.45, 7) is 4.08. The van der Waals surface area contributed by atoms with Crippen molar-refractivity contribution in [2.75, 3.05) is 20.1 Å². The number of ether oxygens (including phenoxy) is 1. The third kappa shape index (κ3) is 3.59. The second kappa shape index (κ2) is 7.12. The van der Waals surface area contributed by atoms with Crippen LogP contribution in [0.15, 0.2) is 12.1 Å². The van der Waals surface area contributed by atoms with Crippen molar-refractivity contribution in [2.24, 2.45) is 5.92 Å². The molecule has 1 saturated carbocycles. The van der Waals surface area contributed by atoms with Crippen LogP contribution in [0.2, 0.25) is 4.34 Å². The molecule has 2 heterocycles. The summed E-state index contributed by atoms with van der Waals surface area (Å²) in [7, 11) is 2.12. The minimum Gasteiger partial charge on any atom is -0.462 e. The number of rotatable bonds is 4. The normalized spacial score (nSPS) is 23.8. The summed E-state index contributed by atoms with van der Waals surface area (Å²) >= 11 is 7.68. The Kier molecular flexibility index (Phi) is 5.34. The van der Waals surface area contributed by atoms with Crippen LogP contribution in [0, 0.1) is 5.92 Å². The molecular weight excluding hydrogens is 330 g/mol. The van der Waals surface area contributed by atoms with Crippen LogP contribution in [0.1, 0.15) is 50.3 Å². The molecule has 23 heavy (non-hydrogen) atoms. The predicted molar refractivity (Wildman–Crippen MR) is 95.3 cm³/mol. The number of piperidine rings is 1. The maximum absolute atomic E-state index is 13.1. The topological polar surface area (TPSA) is 29.5 Å². The molecular formula is C18H26ClNO2S. The summed E-state index contributed by atoms with van der Waals surface area (Å²) in [6.07, 6.45) is 6.57. The molecule has 2 aliphatic rings. The van der Waals surface area contributed by atoms with E-state index in [4.69, 9.17) is 16.3 Å². The fourth-order valence-electron chi connectivity index (χ4n) is 3.94. The van der Waals surface area contributed by atoms with Crippen LogP contribution < -0.4 is 0 Å². The van der Waals surface area contributed by atoms with Crippen molar-refractivity contribution >= 4 is 28.9 Å². The summed E-state index contributed by atoms with van der Waals surface area (Å²) in [5.74, 6) is 0.327. The lowest BCUT2D eigenvalue weighted by Crippen LogP contribution is -2.44. The van der Waals surface area contributed by atoms with E-state index in [-0.39, 0.29) is 12.1 Å². The molecule has 3 rings (SSSR count). The van der Waals surface area contributed by atoms with Gasteiger partial charge in [0.15, 0.2) is 0 Å². The van der Waals surface area contributed by atoms with Crippen molar-refractivity contribution < 1.29 is 9.53 Å². The number of carbonyl (C=O) groups is 1. The number of carbonyl (C=O) groups excluding carboxylic acids is 1. The van der Waals surface area contributed by atoms with Gasteiger partial charge in [-0.1, -0.05) is 24.4 Å². The fraction of sp³-hybridized carbons (Fsp3) is 0.722. The molecule has 3 nitrogen and oxygen atoms in total. The Hall–Kier alpha value is -0.580. The van der Waals surface area contributed by atoms with Crippen LogP contribution in [-0.4, -0.2) is 37.1 Å². The van der Waals surface area contributed by atoms with E-state index in [9.17, 15) is 4.79 Å². The molecule has 1 aromatic rings. The van der Waals surface area contributed by atoms with E-state index in [0.717, 1.165) is 48.0 Å². The highest BCUT2D eigenvalue weighted by atomic mass is 35.5. The summed E-state index contributed by atoms with van der Waals surface area (Å²) < 4.78 is 6.73. The number of hydrogen-bond acceptors (Lipinski definition) is 4. The highest BCUT2D eigenvalue weighted by Crippen LogP contribution is 2.46. The molecule has 1 atom stereocenters. The fourth-order valence-corrected chi connectivity index (χ4v) is 5.20. The van der Waals surface area contributed by atoms with Gasteiger partial charge in [-0.25, -0.2) is 0 Å². The average Bonchev–Trinajstić information content (AvgIpc) is 3.20. The van der Waals surface area contributed by atoms with Crippen LogP contribution in [0.4, 0.5) is 0 Å². The molecule has 1 saturated heterocycles. The van der Waals surface area contributed by atoms with Gasteiger partial charge in [-0.2, -0.15) is 0 Å². The number of thiophene rings is 1. The minimum absolute atomic E-state index is 0.0440. The van der Waals surface area contributed by atoms with Crippen LogP contribution >= 0.6 is 22.9 Å². The molecule has 2 fully saturated rings.